The number of rotatable bonds is 19. The third-order valence-corrected chi connectivity index (χ3v) is 17.1. The quantitative estimate of drug-likeness (QED) is 0.0188. The predicted octanol–water partition coefficient (Wildman–Crippen LogP) is -8.57. The summed E-state index contributed by atoms with van der Waals surface area (Å²) >= 11 is 3.41. The van der Waals surface area contributed by atoms with Gasteiger partial charge in [0.2, 0.25) is 0 Å². The van der Waals surface area contributed by atoms with Gasteiger partial charge in [-0.25, -0.2) is 0 Å². The van der Waals surface area contributed by atoms with Crippen LogP contribution >= 0.6 is 45.2 Å². The van der Waals surface area contributed by atoms with Gasteiger partial charge in [-0.05, 0) is 31.2 Å². The van der Waals surface area contributed by atoms with Crippen LogP contribution in [0.25, 0.3) is 10.4 Å². The van der Waals surface area contributed by atoms with E-state index >= 15 is 0 Å². The number of aliphatic hydroxyl groups excluding tert-OH is 17. The van der Waals surface area contributed by atoms with Crippen LogP contribution in [0.4, 0.5) is 0 Å². The van der Waals surface area contributed by atoms with Gasteiger partial charge in [0.25, 0.3) is 0 Å². The van der Waals surface area contributed by atoms with E-state index in [4.69, 9.17) is 62.4 Å². The number of aliphatic hydroxyl groups is 17. The minimum absolute atomic E-state index is 0.313. The lowest BCUT2D eigenvalue weighted by atomic mass is 9.93. The molecule has 0 amide bonds. The van der Waals surface area contributed by atoms with E-state index < -0.39 is 226 Å². The number of alkyl halides is 2. The molecule has 0 aromatic heterocycles. The van der Waals surface area contributed by atoms with Crippen molar-refractivity contribution in [1.29, 1.82) is 0 Å². The minimum Gasteiger partial charge on any atom is -0.394 e. The van der Waals surface area contributed by atoms with Gasteiger partial charge in [-0.1, -0.05) is 50.3 Å². The molecular formula is C42H69I2N3O29. The Morgan fingerprint density at radius 1 is 0.382 bits per heavy atom. The van der Waals surface area contributed by atoms with Crippen LogP contribution in [0.1, 0.15) is 25.7 Å². The summed E-state index contributed by atoms with van der Waals surface area (Å²) < 4.78 is 68.6. The molecule has 7 rings (SSSR count). The van der Waals surface area contributed by atoms with E-state index in [0.717, 1.165) is 0 Å². The first-order valence-electron chi connectivity index (χ1n) is 24.6. The summed E-state index contributed by atoms with van der Waals surface area (Å²) in [5, 5.41) is 187. The normalized spacial score (nSPS) is 51.5. The second kappa shape index (κ2) is 28.3. The first kappa shape index (κ1) is 63.2. The fourth-order valence-electron chi connectivity index (χ4n) is 9.88. The fourth-order valence-corrected chi connectivity index (χ4v) is 11.4. The van der Waals surface area contributed by atoms with Gasteiger partial charge in [0.15, 0.2) is 37.7 Å². The Bertz CT molecular complexity index is 1840. The zero-order valence-corrected chi connectivity index (χ0v) is 44.5. The molecule has 6 saturated heterocycles. The molecule has 0 aromatic carbocycles. The second-order valence-corrected chi connectivity index (χ2v) is 22.4. The highest BCUT2D eigenvalue weighted by atomic mass is 127. The van der Waals surface area contributed by atoms with E-state index in [0.29, 0.717) is 25.7 Å². The van der Waals surface area contributed by atoms with Gasteiger partial charge in [-0.2, -0.15) is 0 Å². The summed E-state index contributed by atoms with van der Waals surface area (Å²) in [7, 11) is 0. The van der Waals surface area contributed by atoms with E-state index in [1.54, 1.807) is 45.2 Å². The molecule has 32 nitrogen and oxygen atoms in total. The summed E-state index contributed by atoms with van der Waals surface area (Å²) in [5.74, 6) is 0. The van der Waals surface area contributed by atoms with Crippen LogP contribution in [-0.2, 0) is 56.8 Å². The zero-order chi connectivity index (χ0) is 55.4. The van der Waals surface area contributed by atoms with Crippen LogP contribution in [0, 0.1) is 0 Å². The first-order chi connectivity index (χ1) is 36.2. The molecule has 12 unspecified atom stereocenters. The molecule has 7 aliphatic rings. The third-order valence-electron chi connectivity index (χ3n) is 14.5. The van der Waals surface area contributed by atoms with Crippen LogP contribution < -0.4 is 0 Å². The molecule has 6 aliphatic heterocycles. The zero-order valence-electron chi connectivity index (χ0n) is 40.1. The fraction of sp³-hybridized carbons (Fsp3) is 1.00. The summed E-state index contributed by atoms with van der Waals surface area (Å²) in [5.41, 5.74) is 8.94. The highest BCUT2D eigenvalue weighted by Crippen LogP contribution is 2.38. The van der Waals surface area contributed by atoms with E-state index in [1.165, 1.54) is 0 Å². The Labute approximate surface area is 459 Å². The van der Waals surface area contributed by atoms with Crippen LogP contribution in [0.2, 0.25) is 0 Å². The maximum absolute atomic E-state index is 11.9. The number of nitrogens with zero attached hydrogens (tertiary/aromatic N) is 3. The first-order valence-corrected chi connectivity index (χ1v) is 27.1. The summed E-state index contributed by atoms with van der Waals surface area (Å²) in [4.78, 5) is 2.86. The van der Waals surface area contributed by atoms with Gasteiger partial charge in [0.05, 0.1) is 65.8 Å². The number of azide groups is 1. The Morgan fingerprint density at radius 2 is 0.750 bits per heavy atom. The molecule has 76 heavy (non-hydrogen) atoms. The van der Waals surface area contributed by atoms with Crippen LogP contribution in [0.5, 0.6) is 0 Å². The van der Waals surface area contributed by atoms with E-state index in [2.05, 4.69) is 10.0 Å². The Balaban J connectivity index is 1.13. The monoisotopic (exact) mass is 1330 g/mol. The smallest absolute Gasteiger partial charge is 0.187 e. The summed E-state index contributed by atoms with van der Waals surface area (Å²) in [6, 6.07) is -0.313. The molecule has 0 aromatic rings. The molecule has 17 N–H and O–H groups in total. The highest BCUT2D eigenvalue weighted by molar-refractivity contribution is 14.1. The van der Waals surface area contributed by atoms with Crippen molar-refractivity contribution >= 4 is 45.2 Å². The van der Waals surface area contributed by atoms with Crippen molar-refractivity contribution in [2.45, 2.75) is 218 Å². The van der Waals surface area contributed by atoms with Crippen LogP contribution in [0.3, 0.4) is 0 Å². The molecule has 30 atom stereocenters. The number of halogens is 2. The standard InChI is InChI=1S/C42H69I2N3O29/c43-19-27(58)21(52)13(5-48)68-37(19)74-34-25(56)17(10-66-42-36(30(61)24(55)16(8-51)71-42)76-40-31(62)29(60)23(54)15(7-50)70-40)72-39(32(34)63)65-9-18-26(57)35(75-38-20(44)28(59)22(53)14(6-49)69-38)33(64)41(73-18)67-12-3-1-11(2-4-12)46-47-45/h11-42,48-64H,1-10H2/t11?,12?,13-,14-,15?,16?,17?,18?,19?,20?,21+,22+,23+,24+,25+,26+,27?,28?,29?,30?,31+,32+,33+,34?,35?,36+,37+,38+,39-,40+,41+,42-/m0/s1. The molecule has 1 saturated carbocycles. The molecule has 0 spiro atoms. The summed E-state index contributed by atoms with van der Waals surface area (Å²) in [6.45, 7) is -4.91. The molecule has 440 valence electrons. The Morgan fingerprint density at radius 3 is 1.22 bits per heavy atom. The SMILES string of the molecule is [N-]=[N+]=NC1CCC(O[C@@H]2OC(CO[C@H]3OC(CO[C@H]4OC(CO)[C@@H](O)C(O)[C@H]4O[C@H]4OC(CO)[C@@H](O)C(O)[C@H]4O)[C@@H](O)C(O[C@H]4O[C@@H](CO)[C@@H](O)C(O)C4I)[C@H]3O)[C@@H](O)C(O[C@H]3O[C@@H](CO)[C@@H](O)C(O)C3I)[C@H]2O)CC1. The van der Waals surface area contributed by atoms with Gasteiger partial charge in [0.1, 0.15) is 122 Å². The van der Waals surface area contributed by atoms with E-state index in [1.807, 2.05) is 0 Å². The van der Waals surface area contributed by atoms with Crippen molar-refractivity contribution < 1.29 is 144 Å². The van der Waals surface area contributed by atoms with Crippen molar-refractivity contribution in [1.82, 2.24) is 0 Å². The van der Waals surface area contributed by atoms with Crippen molar-refractivity contribution in [2.75, 3.05) is 39.6 Å². The lowest BCUT2D eigenvalue weighted by molar-refractivity contribution is -0.379. The topological polar surface area (TPSA) is 503 Å². The third kappa shape index (κ3) is 14.0. The molecular weight excluding hydrogens is 1260 g/mol. The largest absolute Gasteiger partial charge is 0.394 e. The maximum Gasteiger partial charge on any atom is 0.187 e. The van der Waals surface area contributed by atoms with Gasteiger partial charge >= 0.3 is 0 Å². The van der Waals surface area contributed by atoms with Crippen molar-refractivity contribution in [2.24, 2.45) is 5.11 Å². The Kier molecular flexibility index (Phi) is 23.5. The van der Waals surface area contributed by atoms with E-state index in [9.17, 15) is 86.8 Å². The predicted molar refractivity (Wildman–Crippen MR) is 257 cm³/mol. The van der Waals surface area contributed by atoms with Crippen LogP contribution in [-0.4, -0.2) is 318 Å². The molecule has 34 heteroatoms. The average Bonchev–Trinajstić information content (AvgIpc) is 3.42. The molecule has 0 bridgehead atoms. The molecule has 6 heterocycles. The van der Waals surface area contributed by atoms with Gasteiger partial charge in [-0.15, -0.1) is 0 Å². The van der Waals surface area contributed by atoms with Gasteiger partial charge in [0, 0.05) is 11.0 Å². The maximum atomic E-state index is 11.9. The number of hydrogen-bond acceptors (Lipinski definition) is 30. The highest BCUT2D eigenvalue weighted by Gasteiger charge is 2.56. The number of hydrogen-bond donors (Lipinski definition) is 17. The molecule has 1 aliphatic carbocycles. The van der Waals surface area contributed by atoms with Crippen molar-refractivity contribution in [3.63, 3.8) is 0 Å². The van der Waals surface area contributed by atoms with Gasteiger partial charge < -0.3 is 144 Å². The number of ether oxygens (including phenoxy) is 12. The van der Waals surface area contributed by atoms with Gasteiger partial charge in [-0.3, -0.25) is 0 Å². The van der Waals surface area contributed by atoms with Crippen molar-refractivity contribution in [3.05, 3.63) is 10.4 Å². The minimum atomic E-state index is -2.03. The van der Waals surface area contributed by atoms with E-state index in [-0.39, 0.29) is 6.04 Å². The second-order valence-electron chi connectivity index (χ2n) is 19.5. The average molecular weight is 1330 g/mol. The van der Waals surface area contributed by atoms with Crippen LogP contribution in [0.15, 0.2) is 5.11 Å². The lowest BCUT2D eigenvalue weighted by Gasteiger charge is -2.48. The summed E-state index contributed by atoms with van der Waals surface area (Å²) in [6.07, 6.45) is -47.3. The molecule has 7 fully saturated rings. The Hall–Kier alpha value is -0.390. The molecule has 0 radical (unpaired) electrons. The van der Waals surface area contributed by atoms with Crippen molar-refractivity contribution in [3.8, 4) is 0 Å². The lowest BCUT2D eigenvalue weighted by Crippen LogP contribution is -2.66.